The van der Waals surface area contributed by atoms with E-state index in [-0.39, 0.29) is 30.1 Å². The Morgan fingerprint density at radius 1 is 1.12 bits per heavy atom. The zero-order valence-corrected chi connectivity index (χ0v) is 13.5. The molecule has 1 aromatic heterocycles. The number of rotatable bonds is 4. The highest BCUT2D eigenvalue weighted by Gasteiger charge is 2.36. The molecule has 1 N–H and O–H groups in total. The van der Waals surface area contributed by atoms with Crippen molar-refractivity contribution < 1.29 is 14.4 Å². The fourth-order valence-electron chi connectivity index (χ4n) is 2.63. The molecular formula is C18H17N3O3. The smallest absolute Gasteiger partial charge is 0.280 e. The summed E-state index contributed by atoms with van der Waals surface area (Å²) in [7, 11) is 0. The van der Waals surface area contributed by atoms with Gasteiger partial charge in [0.1, 0.15) is 5.69 Å². The summed E-state index contributed by atoms with van der Waals surface area (Å²) >= 11 is 0. The van der Waals surface area contributed by atoms with Crippen molar-refractivity contribution in [1.29, 1.82) is 0 Å². The molecule has 0 unspecified atom stereocenters. The number of hydrogen-bond acceptors (Lipinski definition) is 4. The van der Waals surface area contributed by atoms with Crippen LogP contribution in [0.15, 0.2) is 36.5 Å². The van der Waals surface area contributed by atoms with Crippen LogP contribution < -0.4 is 5.32 Å². The topological polar surface area (TPSA) is 79.4 Å². The van der Waals surface area contributed by atoms with Gasteiger partial charge in [0.2, 0.25) is 5.91 Å². The molecule has 3 amide bonds. The Balaban J connectivity index is 1.64. The van der Waals surface area contributed by atoms with Crippen LogP contribution in [0.3, 0.4) is 0 Å². The lowest BCUT2D eigenvalue weighted by Gasteiger charge is -2.14. The molecule has 1 aliphatic heterocycles. The number of benzene rings is 1. The lowest BCUT2D eigenvalue weighted by molar-refractivity contribution is -0.116. The molecule has 2 heterocycles. The summed E-state index contributed by atoms with van der Waals surface area (Å²) in [5.74, 6) is -1.09. The number of imide groups is 1. The van der Waals surface area contributed by atoms with Gasteiger partial charge in [-0.25, -0.2) is 0 Å². The van der Waals surface area contributed by atoms with Crippen molar-refractivity contribution in [2.45, 2.75) is 20.3 Å². The number of nitrogens with zero attached hydrogens (tertiary/aromatic N) is 2. The molecule has 1 aliphatic rings. The zero-order chi connectivity index (χ0) is 17.3. The van der Waals surface area contributed by atoms with Crippen LogP contribution in [0.2, 0.25) is 0 Å². The summed E-state index contributed by atoms with van der Waals surface area (Å²) in [5.41, 5.74) is 3.26. The van der Waals surface area contributed by atoms with Crippen molar-refractivity contribution >= 4 is 23.4 Å². The second-order valence-electron chi connectivity index (χ2n) is 5.71. The van der Waals surface area contributed by atoms with Crippen LogP contribution in [-0.4, -0.2) is 34.2 Å². The first-order valence-corrected chi connectivity index (χ1v) is 7.66. The summed E-state index contributed by atoms with van der Waals surface area (Å²) in [4.78, 5) is 41.6. The first kappa shape index (κ1) is 15.9. The average molecular weight is 323 g/mol. The molecule has 24 heavy (non-hydrogen) atoms. The first-order valence-electron chi connectivity index (χ1n) is 7.66. The molecule has 0 spiro atoms. The van der Waals surface area contributed by atoms with Gasteiger partial charge in [-0.3, -0.25) is 24.3 Å². The highest BCUT2D eigenvalue weighted by molar-refractivity contribution is 6.20. The Bertz CT molecular complexity index is 810. The molecule has 0 saturated heterocycles. The maximum atomic E-state index is 12.2. The van der Waals surface area contributed by atoms with Crippen LogP contribution >= 0.6 is 0 Å². The Morgan fingerprint density at radius 3 is 2.67 bits per heavy atom. The molecule has 0 atom stereocenters. The second kappa shape index (κ2) is 6.23. The number of hydrogen-bond donors (Lipinski definition) is 1. The van der Waals surface area contributed by atoms with Crippen LogP contribution in [-0.2, 0) is 4.79 Å². The molecule has 6 heteroatoms. The van der Waals surface area contributed by atoms with E-state index in [1.807, 2.05) is 32.0 Å². The highest BCUT2D eigenvalue weighted by atomic mass is 16.2. The number of nitrogens with one attached hydrogen (secondary N) is 1. The Morgan fingerprint density at radius 2 is 1.92 bits per heavy atom. The van der Waals surface area contributed by atoms with Crippen molar-refractivity contribution in [3.63, 3.8) is 0 Å². The molecule has 122 valence electrons. The number of aryl methyl sites for hydroxylation is 1. The molecule has 2 aromatic rings. The van der Waals surface area contributed by atoms with Gasteiger partial charge in [0.05, 0.1) is 5.56 Å². The summed E-state index contributed by atoms with van der Waals surface area (Å²) in [6.45, 7) is 3.93. The quantitative estimate of drug-likeness (QED) is 0.876. The van der Waals surface area contributed by atoms with Crippen molar-refractivity contribution in [3.8, 4) is 0 Å². The minimum Gasteiger partial charge on any atom is -0.326 e. The summed E-state index contributed by atoms with van der Waals surface area (Å²) in [6, 6.07) is 8.84. The van der Waals surface area contributed by atoms with Crippen LogP contribution in [0.5, 0.6) is 0 Å². The van der Waals surface area contributed by atoms with E-state index in [9.17, 15) is 14.4 Å². The fourth-order valence-corrected chi connectivity index (χ4v) is 2.63. The monoisotopic (exact) mass is 323 g/mol. The largest absolute Gasteiger partial charge is 0.326 e. The van der Waals surface area contributed by atoms with E-state index in [1.54, 1.807) is 12.1 Å². The summed E-state index contributed by atoms with van der Waals surface area (Å²) in [6.07, 6.45) is 1.51. The molecule has 3 rings (SSSR count). The maximum Gasteiger partial charge on any atom is 0.280 e. The predicted molar refractivity (Wildman–Crippen MR) is 88.8 cm³/mol. The van der Waals surface area contributed by atoms with Crippen molar-refractivity contribution in [2.24, 2.45) is 0 Å². The van der Waals surface area contributed by atoms with E-state index in [2.05, 4.69) is 10.3 Å². The van der Waals surface area contributed by atoms with E-state index in [0.717, 1.165) is 21.7 Å². The minimum atomic E-state index is -0.449. The van der Waals surface area contributed by atoms with Crippen molar-refractivity contribution in [3.05, 3.63) is 58.9 Å². The lowest BCUT2D eigenvalue weighted by atomic mass is 10.1. The van der Waals surface area contributed by atoms with E-state index in [1.165, 1.54) is 6.20 Å². The van der Waals surface area contributed by atoms with Gasteiger partial charge in [0, 0.05) is 24.8 Å². The van der Waals surface area contributed by atoms with Crippen molar-refractivity contribution in [2.75, 3.05) is 11.9 Å². The zero-order valence-electron chi connectivity index (χ0n) is 13.5. The average Bonchev–Trinajstić information content (AvgIpc) is 2.82. The first-order chi connectivity index (χ1) is 11.5. The molecular weight excluding hydrogens is 306 g/mol. The van der Waals surface area contributed by atoms with Gasteiger partial charge in [0.15, 0.2) is 0 Å². The minimum absolute atomic E-state index is 0.0325. The van der Waals surface area contributed by atoms with Crippen LogP contribution in [0.25, 0.3) is 0 Å². The normalized spacial score (nSPS) is 13.2. The molecule has 6 nitrogen and oxygen atoms in total. The number of carbonyl (C=O) groups excluding carboxylic acids is 3. The third-order valence-electron chi connectivity index (χ3n) is 4.17. The molecule has 1 aromatic carbocycles. The van der Waals surface area contributed by atoms with E-state index in [0.29, 0.717) is 0 Å². The van der Waals surface area contributed by atoms with Gasteiger partial charge >= 0.3 is 0 Å². The van der Waals surface area contributed by atoms with Gasteiger partial charge in [-0.15, -0.1) is 0 Å². The third-order valence-corrected chi connectivity index (χ3v) is 4.17. The Hall–Kier alpha value is -3.02. The van der Waals surface area contributed by atoms with Gasteiger partial charge in [0.25, 0.3) is 11.8 Å². The van der Waals surface area contributed by atoms with Crippen LogP contribution in [0.4, 0.5) is 5.69 Å². The number of anilines is 1. The maximum absolute atomic E-state index is 12.2. The highest BCUT2D eigenvalue weighted by Crippen LogP contribution is 2.21. The van der Waals surface area contributed by atoms with Gasteiger partial charge in [-0.2, -0.15) is 0 Å². The van der Waals surface area contributed by atoms with E-state index >= 15 is 0 Å². The van der Waals surface area contributed by atoms with Gasteiger partial charge in [-0.05, 0) is 43.2 Å². The van der Waals surface area contributed by atoms with Crippen LogP contribution in [0.1, 0.15) is 38.4 Å². The number of amides is 3. The molecule has 0 aliphatic carbocycles. The molecule has 0 fully saturated rings. The SMILES string of the molecule is Cc1cccc(NC(=O)CCN2C(=O)c3cccnc3C2=O)c1C. The van der Waals surface area contributed by atoms with Gasteiger partial charge < -0.3 is 5.32 Å². The van der Waals surface area contributed by atoms with Gasteiger partial charge in [-0.1, -0.05) is 12.1 Å². The predicted octanol–water partition coefficient (Wildman–Crippen LogP) is 2.32. The Kier molecular flexibility index (Phi) is 4.12. The number of fused-ring (bicyclic) bond motifs is 1. The number of pyridine rings is 1. The van der Waals surface area contributed by atoms with E-state index < -0.39 is 11.8 Å². The van der Waals surface area contributed by atoms with Crippen molar-refractivity contribution in [1.82, 2.24) is 9.88 Å². The fraction of sp³-hybridized carbons (Fsp3) is 0.222. The molecule has 0 saturated carbocycles. The third kappa shape index (κ3) is 2.78. The van der Waals surface area contributed by atoms with Crippen LogP contribution in [0, 0.1) is 13.8 Å². The number of carbonyl (C=O) groups is 3. The summed E-state index contributed by atoms with van der Waals surface area (Å²) < 4.78 is 0. The number of aromatic nitrogens is 1. The lowest BCUT2D eigenvalue weighted by Crippen LogP contribution is -2.33. The standard InChI is InChI=1S/C18H17N3O3/c1-11-5-3-7-14(12(11)2)20-15(22)8-10-21-17(23)13-6-4-9-19-16(13)18(21)24/h3-7,9H,8,10H2,1-2H3,(H,20,22). The summed E-state index contributed by atoms with van der Waals surface area (Å²) in [5, 5.41) is 2.82. The Labute approximate surface area is 139 Å². The van der Waals surface area contributed by atoms with E-state index in [4.69, 9.17) is 0 Å². The molecule has 0 radical (unpaired) electrons. The second-order valence-corrected chi connectivity index (χ2v) is 5.71. The molecule has 0 bridgehead atoms.